The number of carbonyl (C=O) groups excluding carboxylic acids is 1. The third-order valence-corrected chi connectivity index (χ3v) is 6.69. The topological polar surface area (TPSA) is 59.7 Å². The maximum atomic E-state index is 13.5. The number of rotatable bonds is 4. The van der Waals surface area contributed by atoms with Gasteiger partial charge >= 0.3 is 7.48 Å². The Labute approximate surface area is 181 Å². The minimum atomic E-state index is -1.01. The van der Waals surface area contributed by atoms with E-state index >= 15 is 0 Å². The number of carbonyl (C=O) groups is 1. The Hall–Kier alpha value is -2.28. The molecule has 3 aromatic rings. The maximum Gasteiger partial charge on any atom is 0.330 e. The third kappa shape index (κ3) is 3.87. The molecular formula is C24H24BO4S. The Bertz CT molecular complexity index is 1140. The molecule has 153 valence electrons. The molecule has 0 aliphatic carbocycles. The number of fused-ring (bicyclic) bond motifs is 4. The summed E-state index contributed by atoms with van der Waals surface area (Å²) in [7, 11) is 1.62. The van der Waals surface area contributed by atoms with E-state index in [1.807, 2.05) is 68.5 Å². The van der Waals surface area contributed by atoms with Gasteiger partial charge in [-0.05, 0) is 52.0 Å². The lowest BCUT2D eigenvalue weighted by Gasteiger charge is -2.37. The normalized spacial score (nSPS) is 14.6. The van der Waals surface area contributed by atoms with Gasteiger partial charge in [-0.15, -0.1) is 11.8 Å². The van der Waals surface area contributed by atoms with Crippen molar-refractivity contribution in [3.8, 4) is 0 Å². The van der Waals surface area contributed by atoms with Crippen LogP contribution in [0.5, 0.6) is 0 Å². The van der Waals surface area contributed by atoms with Gasteiger partial charge in [0.1, 0.15) is 11.3 Å². The number of benzene rings is 2. The first-order chi connectivity index (χ1) is 14.2. The van der Waals surface area contributed by atoms with Crippen LogP contribution in [0.4, 0.5) is 0 Å². The Morgan fingerprint density at radius 1 is 1.13 bits per heavy atom. The molecular weight excluding hydrogens is 395 g/mol. The summed E-state index contributed by atoms with van der Waals surface area (Å²) in [5.74, 6) is 1.29. The van der Waals surface area contributed by atoms with Gasteiger partial charge in [-0.2, -0.15) is 0 Å². The van der Waals surface area contributed by atoms with E-state index in [0.29, 0.717) is 22.5 Å². The lowest BCUT2D eigenvalue weighted by atomic mass is 9.82. The summed E-state index contributed by atoms with van der Waals surface area (Å²) in [6.07, 6.45) is 3.90. The van der Waals surface area contributed by atoms with Gasteiger partial charge in [0.15, 0.2) is 5.78 Å². The van der Waals surface area contributed by atoms with E-state index in [0.717, 1.165) is 21.5 Å². The van der Waals surface area contributed by atoms with Crippen molar-refractivity contribution >= 4 is 47.5 Å². The molecule has 0 saturated heterocycles. The van der Waals surface area contributed by atoms with Crippen LogP contribution in [0.15, 0.2) is 57.9 Å². The molecule has 1 aromatic heterocycles. The quantitative estimate of drug-likeness (QED) is 0.627. The van der Waals surface area contributed by atoms with Gasteiger partial charge in [0.2, 0.25) is 0 Å². The van der Waals surface area contributed by atoms with Crippen molar-refractivity contribution in [1.82, 2.24) is 0 Å². The zero-order valence-corrected chi connectivity index (χ0v) is 18.4. The molecule has 6 heteroatoms. The summed E-state index contributed by atoms with van der Waals surface area (Å²) < 4.78 is 11.9. The van der Waals surface area contributed by atoms with Gasteiger partial charge in [-0.1, -0.05) is 35.8 Å². The number of hydrogen-bond acceptors (Lipinski definition) is 5. The molecule has 0 amide bonds. The van der Waals surface area contributed by atoms with E-state index < -0.39 is 11.2 Å². The van der Waals surface area contributed by atoms with Gasteiger partial charge in [0.05, 0.1) is 16.8 Å². The minimum Gasteiger partial charge on any atom is -0.456 e. The van der Waals surface area contributed by atoms with Crippen LogP contribution < -0.4 is 5.46 Å². The van der Waals surface area contributed by atoms with Gasteiger partial charge in [-0.3, -0.25) is 4.79 Å². The second kappa shape index (κ2) is 7.76. The lowest BCUT2D eigenvalue weighted by Crippen LogP contribution is -2.49. The van der Waals surface area contributed by atoms with Crippen molar-refractivity contribution in [2.75, 3.05) is 5.75 Å². The van der Waals surface area contributed by atoms with Crippen molar-refractivity contribution < 1.29 is 19.0 Å². The predicted molar refractivity (Wildman–Crippen MR) is 123 cm³/mol. The summed E-state index contributed by atoms with van der Waals surface area (Å²) in [4.78, 5) is 14.5. The standard InChI is InChI=1S/C24H24BO4S/c1-23(2,27)24(3,4)29-25-15-11-12-18-17(14-15)21-19(28-18)9-7-13-30-20-10-6-5-8-16(20)22(21)26/h5-12,14,27H,13H2,1-4H3. The van der Waals surface area contributed by atoms with Crippen LogP contribution in [0.2, 0.25) is 0 Å². The van der Waals surface area contributed by atoms with Crippen molar-refractivity contribution in [3.63, 3.8) is 0 Å². The molecule has 0 unspecified atom stereocenters. The number of thioether (sulfide) groups is 1. The van der Waals surface area contributed by atoms with Crippen molar-refractivity contribution in [3.05, 3.63) is 65.4 Å². The average molecular weight is 419 g/mol. The number of hydrogen-bond donors (Lipinski definition) is 1. The highest BCUT2D eigenvalue weighted by atomic mass is 32.2. The fraction of sp³-hybridized carbons (Fsp3) is 0.292. The van der Waals surface area contributed by atoms with E-state index in [1.54, 1.807) is 33.1 Å². The minimum absolute atomic E-state index is 0.0479. The van der Waals surface area contributed by atoms with Crippen molar-refractivity contribution in [2.45, 2.75) is 43.8 Å². The summed E-state index contributed by atoms with van der Waals surface area (Å²) in [6, 6.07) is 13.3. The fourth-order valence-corrected chi connectivity index (χ4v) is 3.99. The molecule has 2 aromatic carbocycles. The molecule has 4 nitrogen and oxygen atoms in total. The Morgan fingerprint density at radius 2 is 1.90 bits per heavy atom. The van der Waals surface area contributed by atoms with E-state index in [2.05, 4.69) is 0 Å². The highest BCUT2D eigenvalue weighted by Gasteiger charge is 2.35. The fourth-order valence-electron chi connectivity index (χ4n) is 3.13. The Kier molecular flexibility index (Phi) is 5.43. The first kappa shape index (κ1) is 21.0. The molecule has 0 fully saturated rings. The summed E-state index contributed by atoms with van der Waals surface area (Å²) in [5, 5.41) is 11.1. The van der Waals surface area contributed by atoms with Crippen molar-refractivity contribution in [2.24, 2.45) is 0 Å². The van der Waals surface area contributed by atoms with Crippen LogP contribution in [-0.4, -0.2) is 35.3 Å². The van der Waals surface area contributed by atoms with Gasteiger partial charge in [0, 0.05) is 21.6 Å². The Morgan fingerprint density at radius 3 is 2.67 bits per heavy atom. The van der Waals surface area contributed by atoms with Crippen molar-refractivity contribution in [1.29, 1.82) is 0 Å². The lowest BCUT2D eigenvalue weighted by molar-refractivity contribution is -0.0893. The van der Waals surface area contributed by atoms with Gasteiger partial charge in [-0.25, -0.2) is 0 Å². The molecule has 1 N–H and O–H groups in total. The SMILES string of the molecule is CC(C)(O)C(C)(C)O[B]c1ccc2oc3c(c2c1)C(=O)c1ccccc1SCC=C3. The molecule has 0 saturated carbocycles. The van der Waals surface area contributed by atoms with Crippen LogP contribution in [-0.2, 0) is 4.65 Å². The third-order valence-electron chi connectivity index (χ3n) is 5.67. The smallest absolute Gasteiger partial charge is 0.330 e. The molecule has 2 heterocycles. The summed E-state index contributed by atoms with van der Waals surface area (Å²) >= 11 is 1.64. The molecule has 1 aliphatic heterocycles. The predicted octanol–water partition coefficient (Wildman–Crippen LogP) is 4.59. The average Bonchev–Trinajstić information content (AvgIpc) is 3.07. The van der Waals surface area contributed by atoms with Gasteiger partial charge < -0.3 is 14.2 Å². The number of furan rings is 1. The van der Waals surface area contributed by atoms with E-state index in [9.17, 15) is 9.90 Å². The highest BCUT2D eigenvalue weighted by Crippen LogP contribution is 2.33. The summed E-state index contributed by atoms with van der Waals surface area (Å²) in [6.45, 7) is 7.10. The van der Waals surface area contributed by atoms with E-state index in [1.165, 1.54) is 0 Å². The first-order valence-corrected chi connectivity index (χ1v) is 10.9. The monoisotopic (exact) mass is 419 g/mol. The largest absolute Gasteiger partial charge is 0.456 e. The first-order valence-electron chi connectivity index (χ1n) is 9.90. The van der Waals surface area contributed by atoms with Crippen LogP contribution in [0, 0.1) is 0 Å². The van der Waals surface area contributed by atoms with E-state index in [-0.39, 0.29) is 5.78 Å². The maximum absolute atomic E-state index is 13.5. The molecule has 1 radical (unpaired) electrons. The molecule has 4 rings (SSSR count). The molecule has 0 spiro atoms. The van der Waals surface area contributed by atoms with Crippen LogP contribution in [0.1, 0.15) is 49.4 Å². The van der Waals surface area contributed by atoms with Gasteiger partial charge in [0.25, 0.3) is 0 Å². The molecule has 0 atom stereocenters. The highest BCUT2D eigenvalue weighted by molar-refractivity contribution is 7.99. The Balaban J connectivity index is 1.76. The van der Waals surface area contributed by atoms with Crippen LogP contribution in [0.25, 0.3) is 17.0 Å². The second-order valence-electron chi connectivity index (χ2n) is 8.44. The summed E-state index contributed by atoms with van der Waals surface area (Å²) in [5.41, 5.74) is 0.904. The number of ketones is 1. The van der Waals surface area contributed by atoms with E-state index in [4.69, 9.17) is 9.07 Å². The molecule has 0 bridgehead atoms. The number of aliphatic hydroxyl groups is 1. The van der Waals surface area contributed by atoms with Crippen LogP contribution in [0.3, 0.4) is 0 Å². The second-order valence-corrected chi connectivity index (χ2v) is 9.50. The zero-order chi connectivity index (χ0) is 21.5. The molecule has 1 aliphatic rings. The zero-order valence-electron chi connectivity index (χ0n) is 17.6. The molecule has 30 heavy (non-hydrogen) atoms. The van der Waals surface area contributed by atoms with Crippen LogP contribution >= 0.6 is 11.8 Å².